The fraction of sp³-hybridized carbons (Fsp3) is 0.917. The van der Waals surface area contributed by atoms with Gasteiger partial charge in [-0.1, -0.05) is 19.3 Å². The lowest BCUT2D eigenvalue weighted by atomic mass is 9.95. The summed E-state index contributed by atoms with van der Waals surface area (Å²) in [5.41, 5.74) is 0. The summed E-state index contributed by atoms with van der Waals surface area (Å²) in [6.07, 6.45) is 5.54. The lowest BCUT2D eigenvalue weighted by Crippen LogP contribution is -2.48. The van der Waals surface area contributed by atoms with Crippen molar-refractivity contribution in [1.29, 1.82) is 0 Å². The van der Waals surface area contributed by atoms with Crippen molar-refractivity contribution in [2.24, 2.45) is 0 Å². The molecule has 0 aromatic rings. The molecule has 1 aliphatic carbocycles. The highest BCUT2D eigenvalue weighted by Crippen LogP contribution is 2.17. The third-order valence-corrected chi connectivity index (χ3v) is 3.06. The van der Waals surface area contributed by atoms with Gasteiger partial charge in [0.15, 0.2) is 0 Å². The molecule has 3 N–H and O–H groups in total. The molecule has 0 aliphatic heterocycles. The Morgan fingerprint density at radius 2 is 1.94 bits per heavy atom. The van der Waals surface area contributed by atoms with Crippen molar-refractivity contribution >= 4 is 5.91 Å². The van der Waals surface area contributed by atoms with Gasteiger partial charge < -0.3 is 15.7 Å². The molecule has 94 valence electrons. The van der Waals surface area contributed by atoms with Crippen LogP contribution in [0.1, 0.15) is 46.0 Å². The van der Waals surface area contributed by atoms with Crippen molar-refractivity contribution in [2.45, 2.75) is 64.1 Å². The maximum Gasteiger partial charge on any atom is 0.237 e. The van der Waals surface area contributed by atoms with Crippen molar-refractivity contribution in [3.63, 3.8) is 0 Å². The van der Waals surface area contributed by atoms with Crippen LogP contribution in [0, 0.1) is 0 Å². The molecule has 1 fully saturated rings. The first kappa shape index (κ1) is 13.5. The van der Waals surface area contributed by atoms with E-state index in [1.54, 1.807) is 6.92 Å². The lowest BCUT2D eigenvalue weighted by molar-refractivity contribution is -0.123. The molecule has 2 unspecified atom stereocenters. The Morgan fingerprint density at radius 1 is 1.31 bits per heavy atom. The smallest absolute Gasteiger partial charge is 0.237 e. The second kappa shape index (κ2) is 6.86. The Bertz CT molecular complexity index is 213. The molecule has 4 heteroatoms. The monoisotopic (exact) mass is 228 g/mol. The summed E-state index contributed by atoms with van der Waals surface area (Å²) in [5, 5.41) is 15.2. The number of nitrogens with one attached hydrogen (secondary N) is 2. The summed E-state index contributed by atoms with van der Waals surface area (Å²) < 4.78 is 0. The van der Waals surface area contributed by atoms with Crippen LogP contribution in [0.2, 0.25) is 0 Å². The predicted molar refractivity (Wildman–Crippen MR) is 64.2 cm³/mol. The van der Waals surface area contributed by atoms with Gasteiger partial charge in [0.05, 0.1) is 12.1 Å². The minimum atomic E-state index is -0.412. The molecule has 0 bridgehead atoms. The number of aliphatic hydroxyl groups excluding tert-OH is 1. The highest BCUT2D eigenvalue weighted by Gasteiger charge is 2.19. The number of hydrogen-bond donors (Lipinski definition) is 3. The summed E-state index contributed by atoms with van der Waals surface area (Å²) >= 11 is 0. The van der Waals surface area contributed by atoms with Gasteiger partial charge in [0.1, 0.15) is 0 Å². The fourth-order valence-electron chi connectivity index (χ4n) is 2.01. The van der Waals surface area contributed by atoms with E-state index < -0.39 is 6.10 Å². The molecule has 1 saturated carbocycles. The number of carbonyl (C=O) groups is 1. The third-order valence-electron chi connectivity index (χ3n) is 3.06. The van der Waals surface area contributed by atoms with Crippen LogP contribution in [0.5, 0.6) is 0 Å². The fourth-order valence-corrected chi connectivity index (χ4v) is 2.01. The van der Waals surface area contributed by atoms with Crippen LogP contribution in [0.25, 0.3) is 0 Å². The molecule has 0 aromatic carbocycles. The number of aliphatic hydroxyl groups is 1. The van der Waals surface area contributed by atoms with Gasteiger partial charge in [-0.25, -0.2) is 0 Å². The van der Waals surface area contributed by atoms with Gasteiger partial charge in [-0.15, -0.1) is 0 Å². The van der Waals surface area contributed by atoms with Crippen LogP contribution >= 0.6 is 0 Å². The summed E-state index contributed by atoms with van der Waals surface area (Å²) in [7, 11) is 0. The minimum absolute atomic E-state index is 0.0487. The first-order valence-corrected chi connectivity index (χ1v) is 6.31. The molecule has 1 amide bonds. The van der Waals surface area contributed by atoms with Gasteiger partial charge in [-0.05, 0) is 26.7 Å². The van der Waals surface area contributed by atoms with Gasteiger partial charge in [-0.2, -0.15) is 0 Å². The molecule has 1 aliphatic rings. The SMILES string of the molecule is CC(O)CNC(C)C(=O)NC1CCCCC1. The molecule has 0 heterocycles. The van der Waals surface area contributed by atoms with Crippen molar-refractivity contribution in [3.8, 4) is 0 Å². The van der Waals surface area contributed by atoms with Crippen LogP contribution in [-0.4, -0.2) is 35.7 Å². The van der Waals surface area contributed by atoms with E-state index in [1.807, 2.05) is 6.92 Å². The topological polar surface area (TPSA) is 61.4 Å². The molecule has 0 saturated heterocycles. The number of carbonyl (C=O) groups excluding carboxylic acids is 1. The summed E-state index contributed by atoms with van der Waals surface area (Å²) in [4.78, 5) is 11.8. The molecule has 16 heavy (non-hydrogen) atoms. The largest absolute Gasteiger partial charge is 0.392 e. The van der Waals surface area contributed by atoms with Crippen molar-refractivity contribution < 1.29 is 9.90 Å². The average molecular weight is 228 g/mol. The molecule has 2 atom stereocenters. The molecule has 0 radical (unpaired) electrons. The summed E-state index contributed by atoms with van der Waals surface area (Å²) in [6, 6.07) is 0.133. The van der Waals surface area contributed by atoms with Gasteiger partial charge >= 0.3 is 0 Å². The normalized spacial score (nSPS) is 21.4. The zero-order valence-corrected chi connectivity index (χ0v) is 10.3. The second-order valence-electron chi connectivity index (χ2n) is 4.82. The van der Waals surface area contributed by atoms with Crippen molar-refractivity contribution in [2.75, 3.05) is 6.54 Å². The van der Waals surface area contributed by atoms with E-state index in [9.17, 15) is 4.79 Å². The van der Waals surface area contributed by atoms with Crippen molar-refractivity contribution in [1.82, 2.24) is 10.6 Å². The van der Waals surface area contributed by atoms with Crippen LogP contribution in [0.15, 0.2) is 0 Å². The first-order valence-electron chi connectivity index (χ1n) is 6.31. The summed E-state index contributed by atoms with van der Waals surface area (Å²) in [6.45, 7) is 4.00. The summed E-state index contributed by atoms with van der Waals surface area (Å²) in [5.74, 6) is 0.0487. The second-order valence-corrected chi connectivity index (χ2v) is 4.82. The van der Waals surface area contributed by atoms with E-state index in [1.165, 1.54) is 19.3 Å². The van der Waals surface area contributed by atoms with Crippen LogP contribution in [0.4, 0.5) is 0 Å². The van der Waals surface area contributed by atoms with E-state index in [0.717, 1.165) is 12.8 Å². The van der Waals surface area contributed by atoms with E-state index in [2.05, 4.69) is 10.6 Å². The Balaban J connectivity index is 2.22. The Morgan fingerprint density at radius 3 is 2.50 bits per heavy atom. The Labute approximate surface area is 97.8 Å². The highest BCUT2D eigenvalue weighted by molar-refractivity contribution is 5.81. The van der Waals surface area contributed by atoms with Gasteiger partial charge in [-0.3, -0.25) is 4.79 Å². The molecular weight excluding hydrogens is 204 g/mol. The third kappa shape index (κ3) is 4.94. The van der Waals surface area contributed by atoms with Crippen LogP contribution < -0.4 is 10.6 Å². The molecule has 0 aromatic heterocycles. The maximum absolute atomic E-state index is 11.8. The number of hydrogen-bond acceptors (Lipinski definition) is 3. The lowest BCUT2D eigenvalue weighted by Gasteiger charge is -2.25. The van der Waals surface area contributed by atoms with E-state index >= 15 is 0 Å². The van der Waals surface area contributed by atoms with Crippen LogP contribution in [0.3, 0.4) is 0 Å². The first-order chi connectivity index (χ1) is 7.59. The standard InChI is InChI=1S/C12H24N2O2/c1-9(15)8-13-10(2)12(16)14-11-6-4-3-5-7-11/h9-11,13,15H,3-8H2,1-2H3,(H,14,16). The van der Waals surface area contributed by atoms with Gasteiger partial charge in [0.25, 0.3) is 0 Å². The quantitative estimate of drug-likeness (QED) is 0.652. The minimum Gasteiger partial charge on any atom is -0.392 e. The van der Waals surface area contributed by atoms with Gasteiger partial charge in [0, 0.05) is 12.6 Å². The maximum atomic E-state index is 11.8. The Kier molecular flexibility index (Phi) is 5.77. The number of rotatable bonds is 5. The van der Waals surface area contributed by atoms with E-state index in [-0.39, 0.29) is 11.9 Å². The molecule has 4 nitrogen and oxygen atoms in total. The molecule has 0 spiro atoms. The van der Waals surface area contributed by atoms with E-state index in [4.69, 9.17) is 5.11 Å². The van der Waals surface area contributed by atoms with Crippen LogP contribution in [-0.2, 0) is 4.79 Å². The van der Waals surface area contributed by atoms with Gasteiger partial charge in [0.2, 0.25) is 5.91 Å². The molecular formula is C12H24N2O2. The zero-order chi connectivity index (χ0) is 12.0. The Hall–Kier alpha value is -0.610. The predicted octanol–water partition coefficient (Wildman–Crippen LogP) is 0.794. The molecule has 1 rings (SSSR count). The van der Waals surface area contributed by atoms with E-state index in [0.29, 0.717) is 12.6 Å². The number of amides is 1. The average Bonchev–Trinajstić information content (AvgIpc) is 2.27. The van der Waals surface area contributed by atoms with Crippen molar-refractivity contribution in [3.05, 3.63) is 0 Å². The highest BCUT2D eigenvalue weighted by atomic mass is 16.3. The zero-order valence-electron chi connectivity index (χ0n) is 10.3.